The Labute approximate surface area is 183 Å². The number of hydrogen-bond donors (Lipinski definition) is 1. The van der Waals surface area contributed by atoms with Crippen molar-refractivity contribution in [3.63, 3.8) is 0 Å². The van der Waals surface area contributed by atoms with Gasteiger partial charge < -0.3 is 9.47 Å². The molecule has 1 aromatic heterocycles. The van der Waals surface area contributed by atoms with Crippen LogP contribution in [0.15, 0.2) is 29.3 Å². The van der Waals surface area contributed by atoms with Crippen molar-refractivity contribution in [1.29, 1.82) is 5.26 Å². The molecule has 3 rings (SSSR count). The van der Waals surface area contributed by atoms with Gasteiger partial charge in [-0.1, -0.05) is 19.9 Å². The molecule has 0 bridgehead atoms. The molecule has 1 amide bonds. The van der Waals surface area contributed by atoms with Crippen LogP contribution in [0.5, 0.6) is 0 Å². The predicted octanol–water partition coefficient (Wildman–Crippen LogP) is 2.70. The number of sulfonamides is 1. The molecule has 164 valence electrons. The van der Waals surface area contributed by atoms with Gasteiger partial charge in [0, 0.05) is 31.1 Å². The summed E-state index contributed by atoms with van der Waals surface area (Å²) in [7, 11) is -3.71. The first kappa shape index (κ1) is 22.9. The number of thioether (sulfide) groups is 1. The molecule has 1 saturated heterocycles. The largest absolute Gasteiger partial charge is 0.341 e. The molecule has 3 unspecified atom stereocenters. The number of nitrogens with zero attached hydrogens (tertiary/aromatic N) is 3. The van der Waals surface area contributed by atoms with E-state index in [0.29, 0.717) is 37.7 Å². The molecule has 1 aromatic rings. The highest BCUT2D eigenvalue weighted by molar-refractivity contribution is 8.05. The Morgan fingerprint density at radius 3 is 2.67 bits per heavy atom. The minimum atomic E-state index is -3.71. The fourth-order valence-corrected chi connectivity index (χ4v) is 7.42. The molecule has 0 radical (unpaired) electrons. The first-order valence-corrected chi connectivity index (χ1v) is 12.8. The van der Waals surface area contributed by atoms with Crippen molar-refractivity contribution in [2.45, 2.75) is 63.1 Å². The second-order valence-electron chi connectivity index (χ2n) is 8.28. The normalized spacial score (nSPS) is 23.8. The van der Waals surface area contributed by atoms with E-state index < -0.39 is 21.3 Å². The van der Waals surface area contributed by atoms with Crippen LogP contribution in [-0.2, 0) is 21.4 Å². The van der Waals surface area contributed by atoms with Gasteiger partial charge in [-0.2, -0.15) is 5.26 Å². The summed E-state index contributed by atoms with van der Waals surface area (Å²) < 4.78 is 30.7. The predicted molar refractivity (Wildman–Crippen MR) is 119 cm³/mol. The van der Waals surface area contributed by atoms with Crippen molar-refractivity contribution in [2.24, 2.45) is 5.92 Å². The van der Waals surface area contributed by atoms with Crippen molar-refractivity contribution in [2.75, 3.05) is 13.1 Å². The number of likely N-dealkylation sites (tertiary alicyclic amines) is 1. The van der Waals surface area contributed by atoms with Gasteiger partial charge in [0.1, 0.15) is 23.1 Å². The molecule has 3 atom stereocenters. The standard InChI is InChI=1S/C21H30N4O3S2/c1-15-6-10-25(11-7-15)21(26)19(8-12-24-9-4-5-18(24)14-22)23-30(27,28)20-13-16(2)29-17(20)3/h4-5,9,13,15,17,19-20,23H,6-8,10-12H2,1-3H3. The molecule has 9 heteroatoms. The first-order chi connectivity index (χ1) is 14.2. The maximum Gasteiger partial charge on any atom is 0.240 e. The van der Waals surface area contributed by atoms with Gasteiger partial charge in [0.25, 0.3) is 0 Å². The Hall–Kier alpha value is -1.76. The summed E-state index contributed by atoms with van der Waals surface area (Å²) in [4.78, 5) is 16.0. The second-order valence-corrected chi connectivity index (χ2v) is 11.8. The fourth-order valence-electron chi connectivity index (χ4n) is 4.05. The van der Waals surface area contributed by atoms with E-state index in [1.54, 1.807) is 45.6 Å². The van der Waals surface area contributed by atoms with Crippen LogP contribution in [0.2, 0.25) is 0 Å². The van der Waals surface area contributed by atoms with Crippen LogP contribution < -0.4 is 4.72 Å². The third-order valence-electron chi connectivity index (χ3n) is 5.89. The summed E-state index contributed by atoms with van der Waals surface area (Å²) in [5.41, 5.74) is 0.496. The van der Waals surface area contributed by atoms with E-state index >= 15 is 0 Å². The van der Waals surface area contributed by atoms with E-state index in [9.17, 15) is 18.5 Å². The quantitative estimate of drug-likeness (QED) is 0.689. The summed E-state index contributed by atoms with van der Waals surface area (Å²) in [6.07, 6.45) is 5.70. The lowest BCUT2D eigenvalue weighted by Gasteiger charge is -2.33. The molecule has 0 aliphatic carbocycles. The lowest BCUT2D eigenvalue weighted by Crippen LogP contribution is -2.53. The van der Waals surface area contributed by atoms with E-state index in [0.717, 1.165) is 17.7 Å². The number of carbonyl (C=O) groups excluding carboxylic acids is 1. The topological polar surface area (TPSA) is 95.2 Å². The van der Waals surface area contributed by atoms with Gasteiger partial charge in [-0.05, 0) is 49.1 Å². The van der Waals surface area contributed by atoms with Gasteiger partial charge in [0.05, 0.1) is 0 Å². The van der Waals surface area contributed by atoms with Crippen molar-refractivity contribution in [1.82, 2.24) is 14.2 Å². The summed E-state index contributed by atoms with van der Waals surface area (Å²) in [6, 6.07) is 4.76. The number of nitrogens with one attached hydrogen (secondary N) is 1. The van der Waals surface area contributed by atoms with Gasteiger partial charge in [0.2, 0.25) is 15.9 Å². The van der Waals surface area contributed by atoms with E-state index in [-0.39, 0.29) is 11.2 Å². The smallest absolute Gasteiger partial charge is 0.240 e. The molecule has 3 heterocycles. The molecule has 0 spiro atoms. The first-order valence-electron chi connectivity index (χ1n) is 10.4. The highest BCUT2D eigenvalue weighted by Gasteiger charge is 2.38. The number of aryl methyl sites for hydroxylation is 1. The summed E-state index contributed by atoms with van der Waals surface area (Å²) in [5.74, 6) is 0.405. The zero-order valence-corrected chi connectivity index (χ0v) is 19.4. The summed E-state index contributed by atoms with van der Waals surface area (Å²) in [5, 5.41) is 8.48. The number of aromatic nitrogens is 1. The molecule has 1 N–H and O–H groups in total. The number of allylic oxidation sites excluding steroid dienone is 1. The van der Waals surface area contributed by atoms with Crippen LogP contribution in [0.4, 0.5) is 0 Å². The van der Waals surface area contributed by atoms with Gasteiger partial charge in [-0.15, -0.1) is 11.8 Å². The Kier molecular flexibility index (Phi) is 7.32. The lowest BCUT2D eigenvalue weighted by atomic mass is 9.98. The molecule has 0 aromatic carbocycles. The summed E-state index contributed by atoms with van der Waals surface area (Å²) >= 11 is 1.54. The third kappa shape index (κ3) is 5.29. The number of amides is 1. The van der Waals surface area contributed by atoms with Crippen LogP contribution in [0.25, 0.3) is 0 Å². The monoisotopic (exact) mass is 450 g/mol. The average Bonchev–Trinajstić information content (AvgIpc) is 3.30. The van der Waals surface area contributed by atoms with Gasteiger partial charge >= 0.3 is 0 Å². The second kappa shape index (κ2) is 9.58. The van der Waals surface area contributed by atoms with E-state index in [1.165, 1.54) is 0 Å². The Morgan fingerprint density at radius 1 is 1.37 bits per heavy atom. The zero-order chi connectivity index (χ0) is 21.9. The van der Waals surface area contributed by atoms with Crippen LogP contribution in [0.1, 0.15) is 45.7 Å². The zero-order valence-electron chi connectivity index (χ0n) is 17.7. The lowest BCUT2D eigenvalue weighted by molar-refractivity contribution is -0.134. The minimum Gasteiger partial charge on any atom is -0.341 e. The summed E-state index contributed by atoms with van der Waals surface area (Å²) in [6.45, 7) is 7.67. The molecule has 7 nitrogen and oxygen atoms in total. The maximum absolute atomic E-state index is 13.3. The van der Waals surface area contributed by atoms with Gasteiger partial charge in [-0.3, -0.25) is 4.79 Å². The van der Waals surface area contributed by atoms with Crippen molar-refractivity contribution in [3.05, 3.63) is 35.0 Å². The van der Waals surface area contributed by atoms with Crippen LogP contribution in [-0.4, -0.2) is 53.4 Å². The maximum atomic E-state index is 13.3. The molecular formula is C21H30N4O3S2. The molecule has 2 aliphatic rings. The van der Waals surface area contributed by atoms with Crippen molar-refractivity contribution < 1.29 is 13.2 Å². The molecule has 0 saturated carbocycles. The van der Waals surface area contributed by atoms with Crippen LogP contribution in [0, 0.1) is 17.2 Å². The Morgan fingerprint density at radius 2 is 2.07 bits per heavy atom. The van der Waals surface area contributed by atoms with Crippen molar-refractivity contribution in [3.8, 4) is 6.07 Å². The highest BCUT2D eigenvalue weighted by atomic mass is 32.2. The van der Waals surface area contributed by atoms with Crippen molar-refractivity contribution >= 4 is 27.7 Å². The number of carbonyl (C=O) groups is 1. The van der Waals surface area contributed by atoms with E-state index in [1.807, 2.05) is 13.8 Å². The number of hydrogen-bond acceptors (Lipinski definition) is 5. The molecular weight excluding hydrogens is 420 g/mol. The van der Waals surface area contributed by atoms with E-state index in [2.05, 4.69) is 17.7 Å². The Bertz CT molecular complexity index is 940. The SMILES string of the molecule is CC1=CC(S(=O)(=O)NC(CCn2cccc2C#N)C(=O)N2CCC(C)CC2)C(C)S1. The fraction of sp³-hybridized carbons (Fsp3) is 0.619. The van der Waals surface area contributed by atoms with Crippen LogP contribution >= 0.6 is 11.8 Å². The van der Waals surface area contributed by atoms with Gasteiger partial charge in [0.15, 0.2) is 0 Å². The third-order valence-corrected chi connectivity index (χ3v) is 9.11. The number of piperidine rings is 1. The van der Waals surface area contributed by atoms with Crippen LogP contribution in [0.3, 0.4) is 0 Å². The highest BCUT2D eigenvalue weighted by Crippen LogP contribution is 2.35. The molecule has 2 aliphatic heterocycles. The molecule has 30 heavy (non-hydrogen) atoms. The number of nitriles is 1. The average molecular weight is 451 g/mol. The van der Waals surface area contributed by atoms with Gasteiger partial charge in [-0.25, -0.2) is 13.1 Å². The Balaban J connectivity index is 1.78. The molecule has 1 fully saturated rings. The van der Waals surface area contributed by atoms with E-state index in [4.69, 9.17) is 0 Å². The number of rotatable bonds is 7. The minimum absolute atomic E-state index is 0.0938.